The molecule has 0 rings (SSSR count). The van der Waals surface area contributed by atoms with Gasteiger partial charge in [0.1, 0.15) is 12.1 Å². The van der Waals surface area contributed by atoms with Crippen molar-refractivity contribution < 1.29 is 34.5 Å². The maximum absolute atomic E-state index is 12.0. The van der Waals surface area contributed by atoms with Crippen molar-refractivity contribution in [2.45, 2.75) is 51.4 Å². The first-order valence-electron chi connectivity index (χ1n) is 6.96. The molecule has 10 nitrogen and oxygen atoms in total. The lowest BCUT2D eigenvalue weighted by molar-refractivity contribution is -0.147. The summed E-state index contributed by atoms with van der Waals surface area (Å²) >= 11 is 0. The van der Waals surface area contributed by atoms with E-state index in [-0.39, 0.29) is 5.92 Å². The second kappa shape index (κ2) is 9.06. The number of aliphatic hydroxyl groups is 1. The van der Waals surface area contributed by atoms with Crippen molar-refractivity contribution in [2.75, 3.05) is 0 Å². The van der Waals surface area contributed by atoms with Crippen LogP contribution in [0.15, 0.2) is 0 Å². The summed E-state index contributed by atoms with van der Waals surface area (Å²) in [6, 6.07) is -4.06. The zero-order chi connectivity index (χ0) is 18.3. The van der Waals surface area contributed by atoms with Crippen molar-refractivity contribution in [3.8, 4) is 0 Å². The molecule has 0 radical (unpaired) electrons. The van der Waals surface area contributed by atoms with Gasteiger partial charge >= 0.3 is 11.9 Å². The van der Waals surface area contributed by atoms with Gasteiger partial charge in [0.25, 0.3) is 0 Å². The van der Waals surface area contributed by atoms with Crippen LogP contribution in [0, 0.1) is 5.92 Å². The summed E-state index contributed by atoms with van der Waals surface area (Å²) < 4.78 is 0. The van der Waals surface area contributed by atoms with Gasteiger partial charge in [0.2, 0.25) is 11.8 Å². The number of carboxylic acid groups (broad SMARTS) is 2. The Hall–Kier alpha value is -2.20. The molecular formula is C13H23N3O7. The number of rotatable bonds is 9. The number of nitrogens with two attached hydrogens (primary N) is 1. The highest BCUT2D eigenvalue weighted by atomic mass is 16.4. The van der Waals surface area contributed by atoms with Crippen molar-refractivity contribution in [1.29, 1.82) is 0 Å². The zero-order valence-corrected chi connectivity index (χ0v) is 13.1. The molecule has 0 bridgehead atoms. The summed E-state index contributed by atoms with van der Waals surface area (Å²) in [6.07, 6.45) is -2.18. The highest BCUT2D eigenvalue weighted by Crippen LogP contribution is 2.02. The topological polar surface area (TPSA) is 179 Å². The van der Waals surface area contributed by atoms with Gasteiger partial charge in [-0.1, -0.05) is 13.8 Å². The highest BCUT2D eigenvalue weighted by Gasteiger charge is 2.32. The SMILES string of the molecule is CC(C)C(N)C(=O)NC(C(=O)NC(CC(=O)O)C(=O)O)C(C)O. The van der Waals surface area contributed by atoms with Crippen LogP contribution in [-0.4, -0.2) is 63.3 Å². The molecule has 132 valence electrons. The van der Waals surface area contributed by atoms with E-state index in [0.29, 0.717) is 0 Å². The lowest BCUT2D eigenvalue weighted by Crippen LogP contribution is -2.58. The van der Waals surface area contributed by atoms with Crippen LogP contribution < -0.4 is 16.4 Å². The van der Waals surface area contributed by atoms with Gasteiger partial charge in [-0.05, 0) is 12.8 Å². The fourth-order valence-electron chi connectivity index (χ4n) is 1.59. The van der Waals surface area contributed by atoms with Gasteiger partial charge in [-0.3, -0.25) is 14.4 Å². The average molecular weight is 333 g/mol. The van der Waals surface area contributed by atoms with E-state index in [0.717, 1.165) is 0 Å². The van der Waals surface area contributed by atoms with Crippen LogP contribution >= 0.6 is 0 Å². The molecule has 0 aliphatic heterocycles. The van der Waals surface area contributed by atoms with Crippen molar-refractivity contribution in [3.63, 3.8) is 0 Å². The standard InChI is InChI=1S/C13H23N3O7/c1-5(2)9(14)11(20)16-10(6(3)17)12(21)15-7(13(22)23)4-8(18)19/h5-7,9-10,17H,4,14H2,1-3H3,(H,15,21)(H,16,20)(H,18,19)(H,22,23). The lowest BCUT2D eigenvalue weighted by atomic mass is 10.0. The number of hydrogen-bond donors (Lipinski definition) is 6. The number of amides is 2. The Bertz CT molecular complexity index is 464. The predicted octanol–water partition coefficient (Wildman–Crippen LogP) is -2.12. The summed E-state index contributed by atoms with van der Waals surface area (Å²) in [5.74, 6) is -4.89. The van der Waals surface area contributed by atoms with Crippen molar-refractivity contribution in [3.05, 3.63) is 0 Å². The van der Waals surface area contributed by atoms with Crippen LogP contribution in [0.4, 0.5) is 0 Å². The van der Waals surface area contributed by atoms with Gasteiger partial charge in [0, 0.05) is 0 Å². The third-order valence-electron chi connectivity index (χ3n) is 3.08. The number of aliphatic carboxylic acids is 2. The molecule has 0 spiro atoms. The lowest BCUT2D eigenvalue weighted by Gasteiger charge is -2.25. The maximum Gasteiger partial charge on any atom is 0.326 e. The molecule has 0 aromatic carbocycles. The first kappa shape index (κ1) is 20.8. The van der Waals surface area contributed by atoms with Crippen LogP contribution in [0.1, 0.15) is 27.2 Å². The first-order chi connectivity index (χ1) is 10.5. The smallest absolute Gasteiger partial charge is 0.326 e. The first-order valence-corrected chi connectivity index (χ1v) is 6.96. The molecule has 4 atom stereocenters. The minimum atomic E-state index is -1.68. The molecule has 0 saturated heterocycles. The minimum Gasteiger partial charge on any atom is -0.481 e. The molecule has 0 fully saturated rings. The fraction of sp³-hybridized carbons (Fsp3) is 0.692. The van der Waals surface area contributed by atoms with Crippen LogP contribution in [0.3, 0.4) is 0 Å². The van der Waals surface area contributed by atoms with Crippen molar-refractivity contribution >= 4 is 23.8 Å². The van der Waals surface area contributed by atoms with E-state index in [4.69, 9.17) is 15.9 Å². The molecule has 23 heavy (non-hydrogen) atoms. The van der Waals surface area contributed by atoms with E-state index < -0.39 is 54.4 Å². The average Bonchev–Trinajstić information content (AvgIpc) is 2.41. The monoisotopic (exact) mass is 333 g/mol. The number of nitrogens with one attached hydrogen (secondary N) is 2. The van der Waals surface area contributed by atoms with E-state index >= 15 is 0 Å². The van der Waals surface area contributed by atoms with Gasteiger partial charge in [-0.15, -0.1) is 0 Å². The summed E-state index contributed by atoms with van der Waals surface area (Å²) in [5.41, 5.74) is 5.63. The molecule has 0 heterocycles. The minimum absolute atomic E-state index is 0.216. The number of carbonyl (C=O) groups is 4. The molecule has 0 aliphatic rings. The third-order valence-corrected chi connectivity index (χ3v) is 3.08. The molecule has 0 aromatic rings. The quantitative estimate of drug-likeness (QED) is 0.277. The number of hydrogen-bond acceptors (Lipinski definition) is 6. The van der Waals surface area contributed by atoms with E-state index in [1.807, 2.05) is 5.32 Å². The predicted molar refractivity (Wildman–Crippen MR) is 78.2 cm³/mol. The molecule has 0 aliphatic carbocycles. The normalized spacial score (nSPS) is 16.1. The Balaban J connectivity index is 5.01. The maximum atomic E-state index is 12.0. The Morgan fingerprint density at radius 2 is 1.52 bits per heavy atom. The van der Waals surface area contributed by atoms with E-state index in [2.05, 4.69) is 5.32 Å². The second-order valence-corrected chi connectivity index (χ2v) is 5.49. The van der Waals surface area contributed by atoms with Crippen LogP contribution in [0.5, 0.6) is 0 Å². The third kappa shape index (κ3) is 7.06. The summed E-state index contributed by atoms with van der Waals surface area (Å²) in [7, 11) is 0. The van der Waals surface area contributed by atoms with Crippen LogP contribution in [-0.2, 0) is 19.2 Å². The highest BCUT2D eigenvalue weighted by molar-refractivity contribution is 5.93. The van der Waals surface area contributed by atoms with Gasteiger partial charge in [-0.25, -0.2) is 4.79 Å². The second-order valence-electron chi connectivity index (χ2n) is 5.49. The molecule has 7 N–H and O–H groups in total. The van der Waals surface area contributed by atoms with E-state index in [9.17, 15) is 24.3 Å². The largest absolute Gasteiger partial charge is 0.481 e. The summed E-state index contributed by atoms with van der Waals surface area (Å²) in [6.45, 7) is 4.60. The van der Waals surface area contributed by atoms with E-state index in [1.165, 1.54) is 6.92 Å². The molecular weight excluding hydrogens is 310 g/mol. The number of carbonyl (C=O) groups excluding carboxylic acids is 2. The molecule has 2 amide bonds. The van der Waals surface area contributed by atoms with Crippen molar-refractivity contribution in [1.82, 2.24) is 10.6 Å². The summed E-state index contributed by atoms with van der Waals surface area (Å²) in [5, 5.41) is 31.3. The summed E-state index contributed by atoms with van der Waals surface area (Å²) in [4.78, 5) is 45.4. The molecule has 4 unspecified atom stereocenters. The van der Waals surface area contributed by atoms with Crippen LogP contribution in [0.25, 0.3) is 0 Å². The van der Waals surface area contributed by atoms with E-state index in [1.54, 1.807) is 13.8 Å². The number of aliphatic hydroxyl groups excluding tert-OH is 1. The van der Waals surface area contributed by atoms with Crippen LogP contribution in [0.2, 0.25) is 0 Å². The number of carboxylic acids is 2. The fourth-order valence-corrected chi connectivity index (χ4v) is 1.59. The van der Waals surface area contributed by atoms with Crippen molar-refractivity contribution in [2.24, 2.45) is 11.7 Å². The Morgan fingerprint density at radius 1 is 1.00 bits per heavy atom. The van der Waals surface area contributed by atoms with Gasteiger partial charge in [0.05, 0.1) is 18.6 Å². The molecule has 10 heteroatoms. The Morgan fingerprint density at radius 3 is 1.87 bits per heavy atom. The van der Waals surface area contributed by atoms with Gasteiger partial charge < -0.3 is 31.7 Å². The van der Waals surface area contributed by atoms with Gasteiger partial charge in [0.15, 0.2) is 0 Å². The zero-order valence-electron chi connectivity index (χ0n) is 13.1. The molecule has 0 saturated carbocycles. The van der Waals surface area contributed by atoms with Gasteiger partial charge in [-0.2, -0.15) is 0 Å². The Labute approximate surface area is 133 Å². The Kier molecular flexibility index (Phi) is 8.19. The molecule has 0 aromatic heterocycles.